The number of hydrogen-bond donors (Lipinski definition) is 1. The third kappa shape index (κ3) is 6.85. The molecule has 0 saturated carbocycles. The van der Waals surface area contributed by atoms with Crippen molar-refractivity contribution >= 4 is 5.91 Å². The minimum atomic E-state index is -0.313. The maximum Gasteiger partial charge on any atom is 0.226 e. The van der Waals surface area contributed by atoms with Crippen LogP contribution in [-0.2, 0) is 22.5 Å². The Hall–Kier alpha value is -3.29. The van der Waals surface area contributed by atoms with Gasteiger partial charge in [-0.15, -0.1) is 0 Å². The largest absolute Gasteiger partial charge is 0.492 e. The lowest BCUT2D eigenvalue weighted by atomic mass is 10.0. The van der Waals surface area contributed by atoms with Gasteiger partial charge in [-0.2, -0.15) is 0 Å². The number of nitrogens with one attached hydrogen (secondary N) is 1. The number of hydrogen-bond acceptors (Lipinski definition) is 5. The van der Waals surface area contributed by atoms with Crippen LogP contribution in [0, 0.1) is 12.7 Å². The Bertz CT molecular complexity index is 1100. The average molecular weight is 464 g/mol. The number of halogens is 1. The molecule has 6 nitrogen and oxygen atoms in total. The number of aromatic nitrogens is 1. The van der Waals surface area contributed by atoms with Crippen LogP contribution in [0.25, 0.3) is 11.1 Å². The second-order valence-electron chi connectivity index (χ2n) is 8.40. The molecule has 0 aliphatic carbocycles. The maximum atomic E-state index is 13.3. The lowest BCUT2D eigenvalue weighted by Gasteiger charge is -2.26. The molecule has 0 radical (unpaired) electrons. The van der Waals surface area contributed by atoms with Gasteiger partial charge in [0.25, 0.3) is 0 Å². The van der Waals surface area contributed by atoms with Crippen molar-refractivity contribution in [3.63, 3.8) is 0 Å². The van der Waals surface area contributed by atoms with Gasteiger partial charge in [0, 0.05) is 43.6 Å². The monoisotopic (exact) mass is 463 g/mol. The Labute approximate surface area is 199 Å². The van der Waals surface area contributed by atoms with E-state index in [0.717, 1.165) is 60.9 Å². The molecule has 2 aromatic carbocycles. The molecule has 1 N–H and O–H groups in total. The molecular formula is C27H30FN3O3. The lowest BCUT2D eigenvalue weighted by molar-refractivity contribution is -0.120. The number of carbonyl (C=O) groups excluding carboxylic acids is 1. The highest BCUT2D eigenvalue weighted by Gasteiger charge is 2.11. The van der Waals surface area contributed by atoms with Crippen molar-refractivity contribution in [2.24, 2.45) is 0 Å². The molecule has 0 bridgehead atoms. The molecule has 1 fully saturated rings. The molecule has 178 valence electrons. The molecule has 0 unspecified atom stereocenters. The first-order valence-corrected chi connectivity index (χ1v) is 11.6. The Balaban J connectivity index is 1.28. The van der Waals surface area contributed by atoms with Crippen molar-refractivity contribution in [3.8, 4) is 16.9 Å². The van der Waals surface area contributed by atoms with Crippen LogP contribution in [0.1, 0.15) is 16.8 Å². The van der Waals surface area contributed by atoms with E-state index in [4.69, 9.17) is 9.47 Å². The Morgan fingerprint density at radius 3 is 2.74 bits per heavy atom. The van der Waals surface area contributed by atoms with Crippen molar-refractivity contribution in [1.29, 1.82) is 0 Å². The molecular weight excluding hydrogens is 433 g/mol. The average Bonchev–Trinajstić information content (AvgIpc) is 2.84. The summed E-state index contributed by atoms with van der Waals surface area (Å²) in [5.74, 6) is 0.389. The molecule has 4 rings (SSSR count). The van der Waals surface area contributed by atoms with E-state index in [0.29, 0.717) is 12.3 Å². The van der Waals surface area contributed by atoms with E-state index >= 15 is 0 Å². The summed E-state index contributed by atoms with van der Waals surface area (Å²) in [7, 11) is 0. The Kier molecular flexibility index (Phi) is 8.22. The summed E-state index contributed by atoms with van der Waals surface area (Å²) in [5, 5.41) is 2.81. The van der Waals surface area contributed by atoms with Gasteiger partial charge in [0.2, 0.25) is 5.91 Å². The second-order valence-corrected chi connectivity index (χ2v) is 8.40. The zero-order valence-electron chi connectivity index (χ0n) is 19.4. The fraction of sp³-hybridized carbons (Fsp3) is 0.333. The third-order valence-electron chi connectivity index (χ3n) is 5.83. The van der Waals surface area contributed by atoms with Crippen LogP contribution in [0.4, 0.5) is 4.39 Å². The summed E-state index contributed by atoms with van der Waals surface area (Å²) in [5.41, 5.74) is 4.57. The molecule has 1 aromatic heterocycles. The Morgan fingerprint density at radius 2 is 2.00 bits per heavy atom. The molecule has 3 aromatic rings. The van der Waals surface area contributed by atoms with Crippen LogP contribution >= 0.6 is 0 Å². The first-order valence-electron chi connectivity index (χ1n) is 11.6. The molecule has 0 spiro atoms. The normalized spacial score (nSPS) is 14.1. The fourth-order valence-corrected chi connectivity index (χ4v) is 3.93. The molecule has 2 heterocycles. The van der Waals surface area contributed by atoms with Crippen LogP contribution in [0.2, 0.25) is 0 Å². The molecule has 1 aliphatic rings. The van der Waals surface area contributed by atoms with Crippen LogP contribution < -0.4 is 10.1 Å². The summed E-state index contributed by atoms with van der Waals surface area (Å²) in [4.78, 5) is 19.0. The predicted molar refractivity (Wildman–Crippen MR) is 129 cm³/mol. The Morgan fingerprint density at radius 1 is 1.15 bits per heavy atom. The summed E-state index contributed by atoms with van der Waals surface area (Å²) in [6.07, 6.45) is 1.96. The summed E-state index contributed by atoms with van der Waals surface area (Å²) < 4.78 is 24.6. The number of benzene rings is 2. The molecule has 1 saturated heterocycles. The predicted octanol–water partition coefficient (Wildman–Crippen LogP) is 3.77. The van der Waals surface area contributed by atoms with Crippen molar-refractivity contribution in [2.45, 2.75) is 19.9 Å². The molecule has 1 aliphatic heterocycles. The van der Waals surface area contributed by atoms with Gasteiger partial charge in [0.1, 0.15) is 18.2 Å². The first-order chi connectivity index (χ1) is 16.6. The SMILES string of the molecule is Cc1cc(OCCN2CCOCC2)ccc1-c1ccc(CC(=O)NCc2cccc(F)c2)nc1. The number of ether oxygens (including phenoxy) is 2. The highest BCUT2D eigenvalue weighted by atomic mass is 19.1. The fourth-order valence-electron chi connectivity index (χ4n) is 3.93. The summed E-state index contributed by atoms with van der Waals surface area (Å²) >= 11 is 0. The van der Waals surface area contributed by atoms with Crippen LogP contribution in [0.5, 0.6) is 5.75 Å². The van der Waals surface area contributed by atoms with Crippen molar-refractivity contribution < 1.29 is 18.7 Å². The topological polar surface area (TPSA) is 63.7 Å². The highest BCUT2D eigenvalue weighted by Crippen LogP contribution is 2.26. The van der Waals surface area contributed by atoms with Gasteiger partial charge in [-0.1, -0.05) is 24.3 Å². The minimum Gasteiger partial charge on any atom is -0.492 e. The van der Waals surface area contributed by atoms with Crippen molar-refractivity contribution in [1.82, 2.24) is 15.2 Å². The van der Waals surface area contributed by atoms with Gasteiger partial charge in [-0.05, 0) is 53.9 Å². The zero-order chi connectivity index (χ0) is 23.8. The highest BCUT2D eigenvalue weighted by molar-refractivity contribution is 5.78. The van der Waals surface area contributed by atoms with Gasteiger partial charge in [-0.25, -0.2) is 4.39 Å². The van der Waals surface area contributed by atoms with E-state index in [-0.39, 0.29) is 24.7 Å². The van der Waals surface area contributed by atoms with E-state index < -0.39 is 0 Å². The van der Waals surface area contributed by atoms with E-state index in [1.165, 1.54) is 12.1 Å². The smallest absolute Gasteiger partial charge is 0.226 e. The molecule has 7 heteroatoms. The number of rotatable bonds is 9. The molecule has 34 heavy (non-hydrogen) atoms. The first kappa shape index (κ1) is 23.9. The van der Waals surface area contributed by atoms with Crippen LogP contribution in [-0.4, -0.2) is 55.2 Å². The zero-order valence-corrected chi connectivity index (χ0v) is 19.4. The van der Waals surface area contributed by atoms with Gasteiger partial charge < -0.3 is 14.8 Å². The summed E-state index contributed by atoms with van der Waals surface area (Å²) in [6.45, 7) is 7.38. The van der Waals surface area contributed by atoms with E-state index in [1.807, 2.05) is 30.3 Å². The van der Waals surface area contributed by atoms with E-state index in [9.17, 15) is 9.18 Å². The van der Waals surface area contributed by atoms with Crippen LogP contribution in [0.3, 0.4) is 0 Å². The number of amides is 1. The van der Waals surface area contributed by atoms with Gasteiger partial charge in [0.05, 0.1) is 19.6 Å². The molecule has 1 amide bonds. The van der Waals surface area contributed by atoms with E-state index in [2.05, 4.69) is 22.1 Å². The van der Waals surface area contributed by atoms with Gasteiger partial charge >= 0.3 is 0 Å². The van der Waals surface area contributed by atoms with Crippen molar-refractivity contribution in [2.75, 3.05) is 39.5 Å². The number of carbonyl (C=O) groups is 1. The minimum absolute atomic E-state index is 0.153. The van der Waals surface area contributed by atoms with Gasteiger partial charge in [0.15, 0.2) is 0 Å². The lowest BCUT2D eigenvalue weighted by Crippen LogP contribution is -2.38. The second kappa shape index (κ2) is 11.7. The van der Waals surface area contributed by atoms with Crippen molar-refractivity contribution in [3.05, 3.63) is 83.4 Å². The summed E-state index contributed by atoms with van der Waals surface area (Å²) in [6, 6.07) is 16.1. The van der Waals surface area contributed by atoms with Gasteiger partial charge in [-0.3, -0.25) is 14.7 Å². The molecule has 0 atom stereocenters. The third-order valence-corrected chi connectivity index (χ3v) is 5.83. The standard InChI is InChI=1S/C27H30FN3O3/c1-20-15-25(34-14-11-31-9-12-33-13-10-31)7-8-26(20)22-5-6-24(29-19-22)17-27(32)30-18-21-3-2-4-23(28)16-21/h2-8,15-16,19H,9-14,17-18H2,1H3,(H,30,32). The number of aryl methyl sites for hydroxylation is 1. The quantitative estimate of drug-likeness (QED) is 0.524. The number of morpholine rings is 1. The van der Waals surface area contributed by atoms with Crippen LogP contribution in [0.15, 0.2) is 60.8 Å². The number of pyridine rings is 1. The maximum absolute atomic E-state index is 13.3. The van der Waals surface area contributed by atoms with E-state index in [1.54, 1.807) is 18.3 Å². The number of nitrogens with zero attached hydrogens (tertiary/aromatic N) is 2.